The van der Waals surface area contributed by atoms with Gasteiger partial charge in [0.05, 0.1) is 18.6 Å². The van der Waals surface area contributed by atoms with Crippen molar-refractivity contribution < 1.29 is 24.2 Å². The molecule has 2 aromatic rings. The van der Waals surface area contributed by atoms with Gasteiger partial charge in [-0.2, -0.15) is 0 Å². The molecule has 2 atom stereocenters. The average Bonchev–Trinajstić information content (AvgIpc) is 3.09. The third-order valence-corrected chi connectivity index (χ3v) is 3.50. The molecule has 146 valence electrons. The van der Waals surface area contributed by atoms with E-state index >= 15 is 0 Å². The number of carboxylic acid groups (broad SMARTS) is 1. The standard InChI is InChI=1S/C19H25N3O5/c1-19(2,3)27-18(25)16(26-11-13-7-5-4-6-8-13)22-15(17(23)24)9-14-10-20-12-21-14/h4-8,10,12,15-16,22H,9,11H2,1-3H3,(H,20,21)(H,23,24)/t15-,16?/m0/s1. The number of aromatic nitrogens is 2. The summed E-state index contributed by atoms with van der Waals surface area (Å²) in [5, 5.41) is 12.2. The molecule has 0 aliphatic heterocycles. The second-order valence-corrected chi connectivity index (χ2v) is 7.03. The SMILES string of the molecule is CC(C)(C)OC(=O)C(N[C@@H](Cc1c[nH]cn1)C(=O)O)OCc1ccccc1. The number of carbonyl (C=O) groups is 2. The second kappa shape index (κ2) is 9.29. The lowest BCUT2D eigenvalue weighted by Crippen LogP contribution is -2.51. The molecule has 2 rings (SSSR count). The Morgan fingerprint density at radius 2 is 1.96 bits per heavy atom. The van der Waals surface area contributed by atoms with Crippen LogP contribution in [0.1, 0.15) is 32.0 Å². The summed E-state index contributed by atoms with van der Waals surface area (Å²) < 4.78 is 11.0. The number of imidazole rings is 1. The van der Waals surface area contributed by atoms with Gasteiger partial charge < -0.3 is 19.6 Å². The molecule has 27 heavy (non-hydrogen) atoms. The van der Waals surface area contributed by atoms with Crippen LogP contribution < -0.4 is 5.32 Å². The Morgan fingerprint density at radius 1 is 1.26 bits per heavy atom. The molecule has 0 aliphatic rings. The first kappa shape index (κ1) is 20.6. The summed E-state index contributed by atoms with van der Waals surface area (Å²) in [6, 6.07) is 8.21. The molecule has 1 unspecified atom stereocenters. The van der Waals surface area contributed by atoms with Crippen LogP contribution in [0.3, 0.4) is 0 Å². The van der Waals surface area contributed by atoms with Crippen molar-refractivity contribution in [3.8, 4) is 0 Å². The number of esters is 1. The van der Waals surface area contributed by atoms with Gasteiger partial charge in [0.2, 0.25) is 6.23 Å². The maximum atomic E-state index is 12.5. The van der Waals surface area contributed by atoms with E-state index in [4.69, 9.17) is 9.47 Å². The Labute approximate surface area is 157 Å². The maximum absolute atomic E-state index is 12.5. The highest BCUT2D eigenvalue weighted by Gasteiger charge is 2.31. The molecule has 0 saturated carbocycles. The number of carboxylic acids is 1. The van der Waals surface area contributed by atoms with Gasteiger partial charge in [0.1, 0.15) is 11.6 Å². The summed E-state index contributed by atoms with van der Waals surface area (Å²) in [4.78, 5) is 31.0. The topological polar surface area (TPSA) is 114 Å². The van der Waals surface area contributed by atoms with E-state index in [0.29, 0.717) is 5.69 Å². The summed E-state index contributed by atoms with van der Waals surface area (Å²) in [6.45, 7) is 5.33. The molecule has 0 aliphatic carbocycles. The lowest BCUT2D eigenvalue weighted by Gasteiger charge is -2.26. The molecule has 8 heteroatoms. The van der Waals surface area contributed by atoms with Crippen LogP contribution in [0, 0.1) is 0 Å². The van der Waals surface area contributed by atoms with Gasteiger partial charge in [0, 0.05) is 12.6 Å². The lowest BCUT2D eigenvalue weighted by molar-refractivity contribution is -0.173. The van der Waals surface area contributed by atoms with Crippen molar-refractivity contribution in [2.24, 2.45) is 0 Å². The zero-order chi connectivity index (χ0) is 19.9. The summed E-state index contributed by atoms with van der Waals surface area (Å²) >= 11 is 0. The van der Waals surface area contributed by atoms with Crippen LogP contribution in [0.4, 0.5) is 0 Å². The van der Waals surface area contributed by atoms with Crippen molar-refractivity contribution in [2.75, 3.05) is 0 Å². The van der Waals surface area contributed by atoms with E-state index in [2.05, 4.69) is 15.3 Å². The summed E-state index contributed by atoms with van der Waals surface area (Å²) in [6.07, 6.45) is 1.92. The Hall–Kier alpha value is -2.71. The summed E-state index contributed by atoms with van der Waals surface area (Å²) in [7, 11) is 0. The lowest BCUT2D eigenvalue weighted by atomic mass is 10.1. The van der Waals surface area contributed by atoms with Gasteiger partial charge in [0.25, 0.3) is 0 Å². The number of rotatable bonds is 9. The molecule has 0 bridgehead atoms. The van der Waals surface area contributed by atoms with E-state index in [0.717, 1.165) is 5.56 Å². The molecule has 0 fully saturated rings. The second-order valence-electron chi connectivity index (χ2n) is 7.03. The minimum atomic E-state index is -1.23. The predicted molar refractivity (Wildman–Crippen MR) is 97.7 cm³/mol. The van der Waals surface area contributed by atoms with E-state index in [1.54, 1.807) is 27.0 Å². The van der Waals surface area contributed by atoms with Crippen LogP contribution in [-0.2, 0) is 32.1 Å². The Morgan fingerprint density at radius 3 is 2.52 bits per heavy atom. The molecule has 1 aromatic heterocycles. The largest absolute Gasteiger partial charge is 0.480 e. The Bertz CT molecular complexity index is 726. The molecule has 1 aromatic carbocycles. The van der Waals surface area contributed by atoms with Gasteiger partial charge in [-0.1, -0.05) is 30.3 Å². The van der Waals surface area contributed by atoms with Crippen LogP contribution in [0.15, 0.2) is 42.9 Å². The molecular weight excluding hydrogens is 350 g/mol. The number of carbonyl (C=O) groups excluding carboxylic acids is 1. The maximum Gasteiger partial charge on any atom is 0.351 e. The Kier molecular flexibility index (Phi) is 7.09. The Balaban J connectivity index is 2.10. The third kappa shape index (κ3) is 7.20. The van der Waals surface area contributed by atoms with Crippen molar-refractivity contribution in [3.63, 3.8) is 0 Å². The van der Waals surface area contributed by atoms with Crippen LogP contribution >= 0.6 is 0 Å². The third-order valence-electron chi connectivity index (χ3n) is 3.50. The van der Waals surface area contributed by atoms with E-state index in [1.165, 1.54) is 6.33 Å². The zero-order valence-corrected chi connectivity index (χ0v) is 15.6. The van der Waals surface area contributed by atoms with Gasteiger partial charge in [-0.15, -0.1) is 0 Å². The molecule has 0 spiro atoms. The number of aliphatic carboxylic acids is 1. The number of hydrogen-bond donors (Lipinski definition) is 3. The van der Waals surface area contributed by atoms with Crippen molar-refractivity contribution in [1.29, 1.82) is 0 Å². The van der Waals surface area contributed by atoms with E-state index in [1.807, 2.05) is 30.3 Å². The van der Waals surface area contributed by atoms with Crippen LogP contribution in [0.25, 0.3) is 0 Å². The molecule has 1 heterocycles. The first-order valence-corrected chi connectivity index (χ1v) is 8.59. The fourth-order valence-electron chi connectivity index (χ4n) is 2.31. The number of benzene rings is 1. The van der Waals surface area contributed by atoms with Crippen molar-refractivity contribution >= 4 is 11.9 Å². The first-order chi connectivity index (χ1) is 12.7. The van der Waals surface area contributed by atoms with Crippen molar-refractivity contribution in [2.45, 2.75) is 51.7 Å². The molecular formula is C19H25N3O5. The minimum absolute atomic E-state index is 0.0901. The molecule has 0 saturated heterocycles. The van der Waals surface area contributed by atoms with Gasteiger partial charge in [-0.05, 0) is 26.3 Å². The monoisotopic (exact) mass is 375 g/mol. The van der Waals surface area contributed by atoms with Crippen molar-refractivity contribution in [1.82, 2.24) is 15.3 Å². The highest BCUT2D eigenvalue weighted by atomic mass is 16.6. The quantitative estimate of drug-likeness (QED) is 0.453. The van der Waals surface area contributed by atoms with Crippen LogP contribution in [0.5, 0.6) is 0 Å². The van der Waals surface area contributed by atoms with Gasteiger partial charge in [-0.25, -0.2) is 9.78 Å². The van der Waals surface area contributed by atoms with E-state index < -0.39 is 29.8 Å². The predicted octanol–water partition coefficient (Wildman–Crippen LogP) is 1.88. The van der Waals surface area contributed by atoms with Gasteiger partial charge >= 0.3 is 11.9 Å². The average molecular weight is 375 g/mol. The number of ether oxygens (including phenoxy) is 2. The van der Waals surface area contributed by atoms with Gasteiger partial charge in [0.15, 0.2) is 0 Å². The van der Waals surface area contributed by atoms with Crippen molar-refractivity contribution in [3.05, 3.63) is 54.1 Å². The summed E-state index contributed by atoms with van der Waals surface area (Å²) in [5.74, 6) is -1.79. The number of nitrogens with one attached hydrogen (secondary N) is 2. The van der Waals surface area contributed by atoms with E-state index in [9.17, 15) is 14.7 Å². The number of H-pyrrole nitrogens is 1. The molecule has 8 nitrogen and oxygen atoms in total. The number of aromatic amines is 1. The minimum Gasteiger partial charge on any atom is -0.480 e. The number of hydrogen-bond acceptors (Lipinski definition) is 6. The highest BCUT2D eigenvalue weighted by Crippen LogP contribution is 2.12. The van der Waals surface area contributed by atoms with Crippen LogP contribution in [0.2, 0.25) is 0 Å². The molecule has 0 amide bonds. The number of nitrogens with zero attached hydrogens (tertiary/aromatic N) is 1. The fourth-order valence-corrected chi connectivity index (χ4v) is 2.31. The van der Waals surface area contributed by atoms with Crippen LogP contribution in [-0.4, -0.2) is 44.9 Å². The summed E-state index contributed by atoms with van der Waals surface area (Å²) in [5.41, 5.74) is 0.682. The fraction of sp³-hybridized carbons (Fsp3) is 0.421. The zero-order valence-electron chi connectivity index (χ0n) is 15.6. The van der Waals surface area contributed by atoms with E-state index in [-0.39, 0.29) is 13.0 Å². The highest BCUT2D eigenvalue weighted by molar-refractivity contribution is 5.78. The smallest absolute Gasteiger partial charge is 0.351 e. The molecule has 0 radical (unpaired) electrons. The first-order valence-electron chi connectivity index (χ1n) is 8.59. The van der Waals surface area contributed by atoms with Gasteiger partial charge in [-0.3, -0.25) is 10.1 Å². The molecule has 3 N–H and O–H groups in total. The normalized spacial score (nSPS) is 13.7.